The molecule has 4 heteroatoms. The summed E-state index contributed by atoms with van der Waals surface area (Å²) in [7, 11) is 0. The van der Waals surface area contributed by atoms with E-state index in [1.807, 2.05) is 18.2 Å². The number of H-pyrrole nitrogens is 1. The van der Waals surface area contributed by atoms with Crippen LogP contribution in [0.4, 0.5) is 0 Å². The van der Waals surface area contributed by atoms with Crippen molar-refractivity contribution in [2.45, 2.75) is 13.3 Å². The van der Waals surface area contributed by atoms with Gasteiger partial charge in [0.25, 0.3) is 0 Å². The predicted octanol–water partition coefficient (Wildman–Crippen LogP) is 2.96. The van der Waals surface area contributed by atoms with E-state index in [1.54, 1.807) is 6.26 Å². The maximum atomic E-state index is 5.67. The zero-order valence-electron chi connectivity index (χ0n) is 10.9. The predicted molar refractivity (Wildman–Crippen MR) is 75.7 cm³/mol. The Morgan fingerprint density at radius 1 is 1.37 bits per heavy atom. The highest BCUT2D eigenvalue weighted by Crippen LogP contribution is 2.22. The third-order valence-electron chi connectivity index (χ3n) is 3.29. The Labute approximate surface area is 111 Å². The van der Waals surface area contributed by atoms with E-state index in [2.05, 4.69) is 29.0 Å². The van der Waals surface area contributed by atoms with Gasteiger partial charge in [0, 0.05) is 0 Å². The molecule has 3 rings (SSSR count). The number of hydrogen-bond donors (Lipinski definition) is 2. The summed E-state index contributed by atoms with van der Waals surface area (Å²) in [5.41, 5.74) is 8.94. The Bertz CT molecular complexity index is 670. The van der Waals surface area contributed by atoms with Crippen LogP contribution in [0.25, 0.3) is 22.6 Å². The first kappa shape index (κ1) is 12.0. The van der Waals surface area contributed by atoms with Crippen molar-refractivity contribution in [1.29, 1.82) is 0 Å². The molecular weight excluding hydrogens is 238 g/mol. The van der Waals surface area contributed by atoms with E-state index in [0.29, 0.717) is 12.5 Å². The van der Waals surface area contributed by atoms with Crippen molar-refractivity contribution in [3.05, 3.63) is 42.2 Å². The van der Waals surface area contributed by atoms with Crippen molar-refractivity contribution in [3.8, 4) is 11.6 Å². The summed E-state index contributed by atoms with van der Waals surface area (Å²) in [6.07, 6.45) is 2.64. The molecule has 0 saturated carbocycles. The maximum absolute atomic E-state index is 5.67. The molecule has 1 unspecified atom stereocenters. The third kappa shape index (κ3) is 2.39. The fraction of sp³-hybridized carbons (Fsp3) is 0.267. The summed E-state index contributed by atoms with van der Waals surface area (Å²) in [4.78, 5) is 7.82. The van der Waals surface area contributed by atoms with Gasteiger partial charge >= 0.3 is 0 Å². The molecule has 98 valence electrons. The highest BCUT2D eigenvalue weighted by molar-refractivity contribution is 5.79. The summed E-state index contributed by atoms with van der Waals surface area (Å²) < 4.78 is 5.35. The molecule has 4 nitrogen and oxygen atoms in total. The number of furan rings is 1. The number of benzene rings is 1. The lowest BCUT2D eigenvalue weighted by atomic mass is 10.0. The van der Waals surface area contributed by atoms with E-state index in [1.165, 1.54) is 5.56 Å². The zero-order valence-corrected chi connectivity index (χ0v) is 10.9. The highest BCUT2D eigenvalue weighted by atomic mass is 16.3. The second-order valence-corrected chi connectivity index (χ2v) is 4.96. The van der Waals surface area contributed by atoms with Crippen LogP contribution >= 0.6 is 0 Å². The maximum Gasteiger partial charge on any atom is 0.174 e. The first-order valence-electron chi connectivity index (χ1n) is 6.49. The average Bonchev–Trinajstić information content (AvgIpc) is 3.06. The minimum absolute atomic E-state index is 0.491. The van der Waals surface area contributed by atoms with Crippen LogP contribution in [0, 0.1) is 5.92 Å². The Kier molecular flexibility index (Phi) is 3.09. The zero-order chi connectivity index (χ0) is 13.2. The molecule has 0 aliphatic carbocycles. The van der Waals surface area contributed by atoms with Crippen molar-refractivity contribution >= 4 is 11.0 Å². The molecule has 0 fully saturated rings. The molecule has 19 heavy (non-hydrogen) atoms. The van der Waals surface area contributed by atoms with E-state index >= 15 is 0 Å². The number of aromatic amines is 1. The van der Waals surface area contributed by atoms with Crippen LogP contribution in [0.15, 0.2) is 41.0 Å². The smallest absolute Gasteiger partial charge is 0.174 e. The minimum atomic E-state index is 0.491. The number of rotatable bonds is 4. The molecule has 2 aromatic heterocycles. The molecule has 2 heterocycles. The molecule has 1 atom stereocenters. The summed E-state index contributed by atoms with van der Waals surface area (Å²) in [6, 6.07) is 10.0. The number of fused-ring (bicyclic) bond motifs is 1. The fourth-order valence-electron chi connectivity index (χ4n) is 2.20. The molecule has 0 aliphatic heterocycles. The number of imidazole rings is 1. The van der Waals surface area contributed by atoms with Crippen LogP contribution in [0.2, 0.25) is 0 Å². The van der Waals surface area contributed by atoms with E-state index in [-0.39, 0.29) is 0 Å². The summed E-state index contributed by atoms with van der Waals surface area (Å²) >= 11 is 0. The summed E-state index contributed by atoms with van der Waals surface area (Å²) in [5.74, 6) is 2.02. The molecule has 3 N–H and O–H groups in total. The lowest BCUT2D eigenvalue weighted by molar-refractivity contribution is 0.578. The van der Waals surface area contributed by atoms with Crippen LogP contribution in [0.1, 0.15) is 12.5 Å². The second-order valence-electron chi connectivity index (χ2n) is 4.96. The molecule has 0 amide bonds. The van der Waals surface area contributed by atoms with Gasteiger partial charge in [-0.1, -0.05) is 13.0 Å². The quantitative estimate of drug-likeness (QED) is 0.753. The number of nitrogens with zero attached hydrogens (tertiary/aromatic N) is 1. The molecule has 0 saturated heterocycles. The van der Waals surface area contributed by atoms with Gasteiger partial charge in [0.2, 0.25) is 0 Å². The van der Waals surface area contributed by atoms with E-state index in [9.17, 15) is 0 Å². The topological polar surface area (TPSA) is 67.8 Å². The lowest BCUT2D eigenvalue weighted by Gasteiger charge is -2.07. The molecule has 3 aromatic rings. The Morgan fingerprint density at radius 2 is 2.26 bits per heavy atom. The van der Waals surface area contributed by atoms with Crippen molar-refractivity contribution in [1.82, 2.24) is 9.97 Å². The molecule has 0 aliphatic rings. The molecular formula is C15H17N3O. The SMILES string of the molecule is CC(CN)Cc1ccc2nc(-c3ccco3)[nH]c2c1. The second kappa shape index (κ2) is 4.90. The van der Waals surface area contributed by atoms with Gasteiger partial charge in [-0.25, -0.2) is 4.98 Å². The van der Waals surface area contributed by atoms with Gasteiger partial charge in [0.1, 0.15) is 0 Å². The minimum Gasteiger partial charge on any atom is -0.461 e. The van der Waals surface area contributed by atoms with Gasteiger partial charge in [0.15, 0.2) is 11.6 Å². The van der Waals surface area contributed by atoms with Crippen LogP contribution in [-0.4, -0.2) is 16.5 Å². The fourth-order valence-corrected chi connectivity index (χ4v) is 2.20. The first-order valence-corrected chi connectivity index (χ1v) is 6.49. The van der Waals surface area contributed by atoms with E-state index in [4.69, 9.17) is 10.2 Å². The number of nitrogens with two attached hydrogens (primary N) is 1. The number of nitrogens with one attached hydrogen (secondary N) is 1. The summed E-state index contributed by atoms with van der Waals surface area (Å²) in [5, 5.41) is 0. The average molecular weight is 255 g/mol. The van der Waals surface area contributed by atoms with Crippen molar-refractivity contribution in [3.63, 3.8) is 0 Å². The summed E-state index contributed by atoms with van der Waals surface area (Å²) in [6.45, 7) is 2.87. The number of hydrogen-bond acceptors (Lipinski definition) is 3. The Hall–Kier alpha value is -2.07. The van der Waals surface area contributed by atoms with Gasteiger partial charge in [-0.2, -0.15) is 0 Å². The van der Waals surface area contributed by atoms with Gasteiger partial charge in [-0.3, -0.25) is 0 Å². The van der Waals surface area contributed by atoms with Crippen molar-refractivity contribution in [2.24, 2.45) is 11.7 Å². The Morgan fingerprint density at radius 3 is 3.00 bits per heavy atom. The van der Waals surface area contributed by atoms with Gasteiger partial charge < -0.3 is 15.1 Å². The lowest BCUT2D eigenvalue weighted by Crippen LogP contribution is -2.12. The van der Waals surface area contributed by atoms with Crippen molar-refractivity contribution < 1.29 is 4.42 Å². The molecule has 0 spiro atoms. The van der Waals surface area contributed by atoms with Gasteiger partial charge in [-0.15, -0.1) is 0 Å². The number of aromatic nitrogens is 2. The third-order valence-corrected chi connectivity index (χ3v) is 3.29. The van der Waals surface area contributed by atoms with Crippen LogP contribution < -0.4 is 5.73 Å². The van der Waals surface area contributed by atoms with Crippen LogP contribution in [0.5, 0.6) is 0 Å². The van der Waals surface area contributed by atoms with Crippen molar-refractivity contribution in [2.75, 3.05) is 6.54 Å². The van der Waals surface area contributed by atoms with Gasteiger partial charge in [-0.05, 0) is 48.7 Å². The van der Waals surface area contributed by atoms with E-state index in [0.717, 1.165) is 29.0 Å². The highest BCUT2D eigenvalue weighted by Gasteiger charge is 2.08. The van der Waals surface area contributed by atoms with E-state index < -0.39 is 0 Å². The normalized spacial score (nSPS) is 12.9. The molecule has 0 bridgehead atoms. The molecule has 0 radical (unpaired) electrons. The monoisotopic (exact) mass is 255 g/mol. The van der Waals surface area contributed by atoms with Gasteiger partial charge in [0.05, 0.1) is 17.3 Å². The Balaban J connectivity index is 1.95. The van der Waals surface area contributed by atoms with Crippen LogP contribution in [0.3, 0.4) is 0 Å². The first-order chi connectivity index (χ1) is 9.26. The molecule has 1 aromatic carbocycles. The standard InChI is InChI=1S/C15H17N3O/c1-10(9-16)7-11-4-5-12-13(8-11)18-15(17-12)14-3-2-6-19-14/h2-6,8,10H,7,9,16H2,1H3,(H,17,18). The largest absolute Gasteiger partial charge is 0.461 e. The van der Waals surface area contributed by atoms with Crippen LogP contribution in [-0.2, 0) is 6.42 Å².